The van der Waals surface area contributed by atoms with Crippen LogP contribution in [0.2, 0.25) is 0 Å². The Hall–Kier alpha value is -1.36. The fraction of sp³-hybridized carbons (Fsp3) is 0.692. The summed E-state index contributed by atoms with van der Waals surface area (Å²) >= 11 is 0. The third kappa shape index (κ3) is 4.49. The van der Waals surface area contributed by atoms with Crippen LogP contribution in [0.15, 0.2) is 12.4 Å². The van der Waals surface area contributed by atoms with Gasteiger partial charge >= 0.3 is 0 Å². The van der Waals surface area contributed by atoms with Crippen molar-refractivity contribution in [2.24, 2.45) is 0 Å². The molecule has 0 aliphatic rings. The van der Waals surface area contributed by atoms with Gasteiger partial charge in [-0.1, -0.05) is 0 Å². The molecule has 0 saturated carbocycles. The van der Waals surface area contributed by atoms with Gasteiger partial charge in [-0.15, -0.1) is 0 Å². The lowest BCUT2D eigenvalue weighted by molar-refractivity contribution is 0.533. The zero-order valence-corrected chi connectivity index (χ0v) is 12.1. The summed E-state index contributed by atoms with van der Waals surface area (Å²) in [6.07, 6.45) is 2.68. The van der Waals surface area contributed by atoms with E-state index < -0.39 is 0 Å². The van der Waals surface area contributed by atoms with Gasteiger partial charge in [-0.2, -0.15) is 0 Å². The summed E-state index contributed by atoms with van der Waals surface area (Å²) in [5.41, 5.74) is 0.0533. The number of anilines is 2. The summed E-state index contributed by atoms with van der Waals surface area (Å²) in [5, 5.41) is 6.43. The summed E-state index contributed by atoms with van der Waals surface area (Å²) < 4.78 is 0. The second-order valence-corrected chi connectivity index (χ2v) is 5.38. The smallest absolute Gasteiger partial charge is 0.134 e. The molecule has 1 rings (SSSR count). The summed E-state index contributed by atoms with van der Waals surface area (Å²) in [4.78, 5) is 10.7. The molecule has 0 radical (unpaired) electrons. The van der Waals surface area contributed by atoms with E-state index in [0.29, 0.717) is 0 Å². The fourth-order valence-corrected chi connectivity index (χ4v) is 1.45. The molecule has 0 fully saturated rings. The molecule has 0 aromatic carbocycles. The van der Waals surface area contributed by atoms with Crippen LogP contribution in [0.3, 0.4) is 0 Å². The number of nitrogens with zero attached hydrogens (tertiary/aromatic N) is 3. The molecule has 0 aliphatic heterocycles. The van der Waals surface area contributed by atoms with Crippen molar-refractivity contribution < 1.29 is 0 Å². The number of nitrogens with one attached hydrogen (secondary N) is 2. The Morgan fingerprint density at radius 3 is 2.56 bits per heavy atom. The van der Waals surface area contributed by atoms with Crippen LogP contribution in [-0.4, -0.2) is 42.7 Å². The first-order valence-corrected chi connectivity index (χ1v) is 6.39. The van der Waals surface area contributed by atoms with Crippen LogP contribution in [0.1, 0.15) is 27.2 Å². The lowest BCUT2D eigenvalue weighted by Crippen LogP contribution is -2.38. The highest BCUT2D eigenvalue weighted by Gasteiger charge is 2.18. The highest BCUT2D eigenvalue weighted by molar-refractivity contribution is 5.49. The second kappa shape index (κ2) is 6.54. The van der Waals surface area contributed by atoms with Crippen molar-refractivity contribution in [2.45, 2.75) is 32.7 Å². The van der Waals surface area contributed by atoms with Gasteiger partial charge in [0, 0.05) is 25.2 Å². The minimum absolute atomic E-state index is 0.0533. The third-order valence-electron chi connectivity index (χ3n) is 2.91. The van der Waals surface area contributed by atoms with Crippen molar-refractivity contribution in [3.8, 4) is 0 Å². The Morgan fingerprint density at radius 1 is 1.22 bits per heavy atom. The van der Waals surface area contributed by atoms with E-state index in [1.165, 1.54) is 0 Å². The normalized spacial score (nSPS) is 11.4. The second-order valence-electron chi connectivity index (χ2n) is 5.38. The van der Waals surface area contributed by atoms with Gasteiger partial charge in [-0.05, 0) is 40.8 Å². The Labute approximate surface area is 110 Å². The molecule has 0 atom stereocenters. The van der Waals surface area contributed by atoms with Crippen LogP contribution >= 0.6 is 0 Å². The van der Waals surface area contributed by atoms with E-state index in [4.69, 9.17) is 0 Å². The molecule has 1 heterocycles. The van der Waals surface area contributed by atoms with Gasteiger partial charge in [0.15, 0.2) is 0 Å². The van der Waals surface area contributed by atoms with Crippen LogP contribution in [0, 0.1) is 0 Å². The number of aromatic nitrogens is 2. The zero-order valence-electron chi connectivity index (χ0n) is 12.1. The molecule has 0 saturated heterocycles. The van der Waals surface area contributed by atoms with Crippen LogP contribution < -0.4 is 15.5 Å². The van der Waals surface area contributed by atoms with Crippen LogP contribution in [0.4, 0.5) is 11.6 Å². The van der Waals surface area contributed by atoms with Gasteiger partial charge in [-0.3, -0.25) is 0 Å². The molecule has 102 valence electrons. The number of hydrogen-bond acceptors (Lipinski definition) is 5. The Bertz CT molecular complexity index is 359. The Morgan fingerprint density at radius 2 is 1.94 bits per heavy atom. The van der Waals surface area contributed by atoms with E-state index in [0.717, 1.165) is 31.1 Å². The predicted octanol–water partition coefficient (Wildman–Crippen LogP) is 1.73. The zero-order chi connectivity index (χ0) is 13.6. The molecule has 1 aromatic heterocycles. The number of rotatable bonds is 6. The molecule has 1 aromatic rings. The van der Waals surface area contributed by atoms with Crippen molar-refractivity contribution in [2.75, 3.05) is 37.4 Å². The Balaban J connectivity index is 2.62. The molecule has 18 heavy (non-hydrogen) atoms. The summed E-state index contributed by atoms with van der Waals surface area (Å²) in [5.74, 6) is 1.82. The first-order chi connectivity index (χ1) is 8.45. The average molecular weight is 251 g/mol. The molecule has 0 bridgehead atoms. The molecule has 0 amide bonds. The van der Waals surface area contributed by atoms with E-state index in [1.54, 1.807) is 6.33 Å². The maximum absolute atomic E-state index is 4.31. The van der Waals surface area contributed by atoms with E-state index in [-0.39, 0.29) is 5.54 Å². The number of hydrogen-bond donors (Lipinski definition) is 2. The van der Waals surface area contributed by atoms with E-state index in [1.807, 2.05) is 20.2 Å². The van der Waals surface area contributed by atoms with Crippen LogP contribution in [0.25, 0.3) is 0 Å². The summed E-state index contributed by atoms with van der Waals surface area (Å²) in [6, 6.07) is 1.99. The summed E-state index contributed by atoms with van der Waals surface area (Å²) in [7, 11) is 4.01. The van der Waals surface area contributed by atoms with Crippen molar-refractivity contribution >= 4 is 11.6 Å². The lowest BCUT2D eigenvalue weighted by atomic mass is 10.1. The van der Waals surface area contributed by atoms with Gasteiger partial charge in [0.1, 0.15) is 18.0 Å². The first-order valence-electron chi connectivity index (χ1n) is 6.39. The maximum atomic E-state index is 4.31. The minimum Gasteiger partial charge on any atom is -0.370 e. The van der Waals surface area contributed by atoms with E-state index in [2.05, 4.69) is 46.3 Å². The minimum atomic E-state index is 0.0533. The van der Waals surface area contributed by atoms with Crippen molar-refractivity contribution in [1.82, 2.24) is 15.3 Å². The predicted molar refractivity (Wildman–Crippen MR) is 77.2 cm³/mol. The SMILES string of the molecule is CNCCCNc1cc(N(C)C(C)(C)C)ncn1. The first kappa shape index (κ1) is 14.7. The molecule has 2 N–H and O–H groups in total. The van der Waals surface area contributed by atoms with Crippen molar-refractivity contribution in [1.29, 1.82) is 0 Å². The molecule has 0 aliphatic carbocycles. The lowest BCUT2D eigenvalue weighted by Gasteiger charge is -2.33. The highest BCUT2D eigenvalue weighted by Crippen LogP contribution is 2.20. The van der Waals surface area contributed by atoms with Gasteiger partial charge < -0.3 is 15.5 Å². The van der Waals surface area contributed by atoms with Crippen LogP contribution in [-0.2, 0) is 0 Å². The molecular weight excluding hydrogens is 226 g/mol. The third-order valence-corrected chi connectivity index (χ3v) is 2.91. The monoisotopic (exact) mass is 251 g/mol. The molecular formula is C13H25N5. The van der Waals surface area contributed by atoms with Crippen LogP contribution in [0.5, 0.6) is 0 Å². The molecule has 0 unspecified atom stereocenters. The molecule has 5 nitrogen and oxygen atoms in total. The van der Waals surface area contributed by atoms with Gasteiger partial charge in [0.05, 0.1) is 0 Å². The van der Waals surface area contributed by atoms with Gasteiger partial charge in [0.25, 0.3) is 0 Å². The fourth-order valence-electron chi connectivity index (χ4n) is 1.45. The van der Waals surface area contributed by atoms with Gasteiger partial charge in [0.2, 0.25) is 0 Å². The largest absolute Gasteiger partial charge is 0.370 e. The highest BCUT2D eigenvalue weighted by atomic mass is 15.2. The van der Waals surface area contributed by atoms with Crippen molar-refractivity contribution in [3.63, 3.8) is 0 Å². The topological polar surface area (TPSA) is 53.1 Å². The molecule has 5 heteroatoms. The van der Waals surface area contributed by atoms with Crippen molar-refractivity contribution in [3.05, 3.63) is 12.4 Å². The van der Waals surface area contributed by atoms with E-state index >= 15 is 0 Å². The summed E-state index contributed by atoms with van der Waals surface area (Å²) in [6.45, 7) is 8.41. The standard InChI is InChI=1S/C13H25N5/c1-13(2,3)18(5)12-9-11(16-10-17-12)15-8-6-7-14-4/h9-10,14H,6-8H2,1-5H3,(H,15,16,17). The quantitative estimate of drug-likeness (QED) is 0.754. The maximum Gasteiger partial charge on any atom is 0.134 e. The average Bonchev–Trinajstić information content (AvgIpc) is 2.33. The van der Waals surface area contributed by atoms with E-state index in [9.17, 15) is 0 Å². The van der Waals surface area contributed by atoms with Gasteiger partial charge in [-0.25, -0.2) is 9.97 Å². The Kier molecular flexibility index (Phi) is 5.34. The molecule has 0 spiro atoms.